The molecule has 7 heteroatoms. The molecule has 162 valence electrons. The molecule has 0 radical (unpaired) electrons. The maximum atomic E-state index is 12.5. The van der Waals surface area contributed by atoms with Crippen molar-refractivity contribution in [3.8, 4) is 0 Å². The van der Waals surface area contributed by atoms with E-state index < -0.39 is 6.10 Å². The van der Waals surface area contributed by atoms with Crippen LogP contribution in [0.15, 0.2) is 42.2 Å². The molecule has 5 rings (SSSR count). The SMILES string of the molecule is O=C(NCC(O)CN1CCC2=C(Cc3ccccc32)C1)c1cc(NC2CCC2)ncn1. The highest BCUT2D eigenvalue weighted by atomic mass is 16.3. The van der Waals surface area contributed by atoms with Gasteiger partial charge in [0, 0.05) is 38.3 Å². The molecule has 1 atom stereocenters. The van der Waals surface area contributed by atoms with Gasteiger partial charge in [-0.2, -0.15) is 0 Å². The van der Waals surface area contributed by atoms with E-state index in [1.54, 1.807) is 6.07 Å². The molecule has 31 heavy (non-hydrogen) atoms. The van der Waals surface area contributed by atoms with Crippen LogP contribution in [0.25, 0.3) is 5.57 Å². The van der Waals surface area contributed by atoms with E-state index >= 15 is 0 Å². The number of hydrogen-bond acceptors (Lipinski definition) is 6. The second kappa shape index (κ2) is 8.77. The third kappa shape index (κ3) is 4.48. The summed E-state index contributed by atoms with van der Waals surface area (Å²) >= 11 is 0. The number of anilines is 1. The van der Waals surface area contributed by atoms with Crippen LogP contribution in [0.5, 0.6) is 0 Å². The molecule has 1 unspecified atom stereocenters. The molecule has 1 aliphatic heterocycles. The van der Waals surface area contributed by atoms with Gasteiger partial charge >= 0.3 is 0 Å². The van der Waals surface area contributed by atoms with Crippen molar-refractivity contribution in [3.05, 3.63) is 59.1 Å². The van der Waals surface area contributed by atoms with Gasteiger partial charge in [0.1, 0.15) is 17.8 Å². The molecule has 3 N–H and O–H groups in total. The average molecular weight is 420 g/mol. The first-order chi connectivity index (χ1) is 15.2. The Bertz CT molecular complexity index is 1000. The molecule has 2 heterocycles. The third-order valence-electron chi connectivity index (χ3n) is 6.59. The lowest BCUT2D eigenvalue weighted by molar-refractivity contribution is 0.0862. The third-order valence-corrected chi connectivity index (χ3v) is 6.59. The number of aromatic nitrogens is 2. The van der Waals surface area contributed by atoms with Crippen molar-refractivity contribution < 1.29 is 9.90 Å². The minimum absolute atomic E-state index is 0.205. The summed E-state index contributed by atoms with van der Waals surface area (Å²) in [4.78, 5) is 23.0. The lowest BCUT2D eigenvalue weighted by Crippen LogP contribution is -2.42. The highest BCUT2D eigenvalue weighted by molar-refractivity contribution is 5.92. The quantitative estimate of drug-likeness (QED) is 0.638. The van der Waals surface area contributed by atoms with Gasteiger partial charge in [0.05, 0.1) is 6.10 Å². The number of carbonyl (C=O) groups excluding carboxylic acids is 1. The van der Waals surface area contributed by atoms with E-state index in [2.05, 4.69) is 49.8 Å². The second-order valence-electron chi connectivity index (χ2n) is 8.83. The van der Waals surface area contributed by atoms with E-state index in [1.807, 2.05) is 0 Å². The predicted octanol–water partition coefficient (Wildman–Crippen LogP) is 2.25. The molecule has 2 aromatic rings. The van der Waals surface area contributed by atoms with Crippen molar-refractivity contribution in [3.63, 3.8) is 0 Å². The normalized spacial score (nSPS) is 19.4. The zero-order valence-electron chi connectivity index (χ0n) is 17.7. The molecule has 1 saturated carbocycles. The fourth-order valence-corrected chi connectivity index (χ4v) is 4.72. The van der Waals surface area contributed by atoms with Crippen LogP contribution >= 0.6 is 0 Å². The summed E-state index contributed by atoms with van der Waals surface area (Å²) < 4.78 is 0. The number of fused-ring (bicyclic) bond motifs is 2. The summed E-state index contributed by atoms with van der Waals surface area (Å²) in [6.45, 7) is 2.57. The molecule has 0 spiro atoms. The first-order valence-electron chi connectivity index (χ1n) is 11.2. The highest BCUT2D eigenvalue weighted by Gasteiger charge is 2.27. The van der Waals surface area contributed by atoms with Gasteiger partial charge in [0.15, 0.2) is 0 Å². The number of rotatable bonds is 7. The molecule has 0 saturated heterocycles. The monoisotopic (exact) mass is 419 g/mol. The van der Waals surface area contributed by atoms with Crippen LogP contribution in [0.1, 0.15) is 47.3 Å². The smallest absolute Gasteiger partial charge is 0.270 e. The molecule has 0 bridgehead atoms. The standard InChI is InChI=1S/C24H29N5O2/c30-19(12-25-24(31)22-11-23(27-15-26-22)28-18-5-3-6-18)14-29-9-8-21-17(13-29)10-16-4-1-2-7-20(16)21/h1-2,4,7,11,15,18-19,30H,3,5-6,8-10,12-14H2,(H,25,31)(H,26,27,28). The number of β-amino-alcohol motifs (C(OH)–C–C–N with tert-alkyl or cyclic N) is 1. The molecule has 3 aliphatic rings. The van der Waals surface area contributed by atoms with Crippen molar-refractivity contribution in [2.24, 2.45) is 0 Å². The van der Waals surface area contributed by atoms with Crippen LogP contribution in [0.4, 0.5) is 5.82 Å². The van der Waals surface area contributed by atoms with E-state index in [-0.39, 0.29) is 12.5 Å². The van der Waals surface area contributed by atoms with Gasteiger partial charge in [-0.05, 0) is 54.4 Å². The van der Waals surface area contributed by atoms with Crippen molar-refractivity contribution >= 4 is 17.3 Å². The molecular weight excluding hydrogens is 390 g/mol. The van der Waals surface area contributed by atoms with Crippen LogP contribution in [-0.4, -0.2) is 64.2 Å². The fraction of sp³-hybridized carbons (Fsp3) is 0.458. The molecule has 1 aromatic carbocycles. The Morgan fingerprint density at radius 3 is 2.97 bits per heavy atom. The topological polar surface area (TPSA) is 90.4 Å². The van der Waals surface area contributed by atoms with Gasteiger partial charge in [-0.3, -0.25) is 9.69 Å². The summed E-state index contributed by atoms with van der Waals surface area (Å²) in [5.74, 6) is 0.397. The minimum atomic E-state index is -0.621. The van der Waals surface area contributed by atoms with Crippen LogP contribution in [0.2, 0.25) is 0 Å². The Labute approximate surface area is 182 Å². The van der Waals surface area contributed by atoms with Crippen molar-refractivity contribution in [1.29, 1.82) is 0 Å². The summed E-state index contributed by atoms with van der Waals surface area (Å²) in [6.07, 6.45) is 6.33. The number of hydrogen-bond donors (Lipinski definition) is 3. The molecule has 1 amide bonds. The van der Waals surface area contributed by atoms with Gasteiger partial charge < -0.3 is 15.7 Å². The Kier molecular flexibility index (Phi) is 5.70. The van der Waals surface area contributed by atoms with Gasteiger partial charge in [-0.25, -0.2) is 9.97 Å². The van der Waals surface area contributed by atoms with Crippen LogP contribution in [0.3, 0.4) is 0 Å². The molecule has 1 fully saturated rings. The Morgan fingerprint density at radius 2 is 2.13 bits per heavy atom. The summed E-state index contributed by atoms with van der Waals surface area (Å²) in [6, 6.07) is 10.8. The maximum absolute atomic E-state index is 12.5. The zero-order chi connectivity index (χ0) is 21.2. The summed E-state index contributed by atoms with van der Waals surface area (Å²) in [7, 11) is 0. The van der Waals surface area contributed by atoms with Gasteiger partial charge in [-0.1, -0.05) is 24.3 Å². The van der Waals surface area contributed by atoms with E-state index in [9.17, 15) is 9.90 Å². The summed E-state index contributed by atoms with van der Waals surface area (Å²) in [5.41, 5.74) is 6.10. The lowest BCUT2D eigenvalue weighted by Gasteiger charge is -2.30. The molecular formula is C24H29N5O2. The Balaban J connectivity index is 1.10. The average Bonchev–Trinajstić information content (AvgIpc) is 3.12. The molecule has 7 nitrogen and oxygen atoms in total. The second-order valence-corrected chi connectivity index (χ2v) is 8.83. The molecule has 1 aromatic heterocycles. The highest BCUT2D eigenvalue weighted by Crippen LogP contribution is 2.37. The van der Waals surface area contributed by atoms with Gasteiger partial charge in [-0.15, -0.1) is 0 Å². The minimum Gasteiger partial charge on any atom is -0.390 e. The predicted molar refractivity (Wildman–Crippen MR) is 120 cm³/mol. The van der Waals surface area contributed by atoms with E-state index in [0.717, 1.165) is 38.8 Å². The van der Waals surface area contributed by atoms with E-state index in [1.165, 1.54) is 35.0 Å². The van der Waals surface area contributed by atoms with Crippen LogP contribution in [0, 0.1) is 0 Å². The fourth-order valence-electron chi connectivity index (χ4n) is 4.72. The lowest BCUT2D eigenvalue weighted by atomic mass is 9.93. The van der Waals surface area contributed by atoms with E-state index in [0.29, 0.717) is 24.1 Å². The zero-order valence-corrected chi connectivity index (χ0v) is 17.7. The number of aliphatic hydroxyl groups excluding tert-OH is 1. The first-order valence-corrected chi connectivity index (χ1v) is 11.2. The van der Waals surface area contributed by atoms with Crippen LogP contribution < -0.4 is 10.6 Å². The van der Waals surface area contributed by atoms with E-state index in [4.69, 9.17) is 0 Å². The van der Waals surface area contributed by atoms with Gasteiger partial charge in [0.25, 0.3) is 5.91 Å². The number of nitrogens with zero attached hydrogens (tertiary/aromatic N) is 3. The first kappa shape index (κ1) is 20.2. The number of nitrogens with one attached hydrogen (secondary N) is 2. The molecule has 2 aliphatic carbocycles. The Hall–Kier alpha value is -2.77. The number of carbonyl (C=O) groups is 1. The number of aliphatic hydroxyl groups is 1. The maximum Gasteiger partial charge on any atom is 0.270 e. The summed E-state index contributed by atoms with van der Waals surface area (Å²) in [5, 5.41) is 16.6. The number of amides is 1. The van der Waals surface area contributed by atoms with Crippen molar-refractivity contribution in [1.82, 2.24) is 20.2 Å². The van der Waals surface area contributed by atoms with Crippen molar-refractivity contribution in [2.75, 3.05) is 31.5 Å². The largest absolute Gasteiger partial charge is 0.390 e. The van der Waals surface area contributed by atoms with Crippen molar-refractivity contribution in [2.45, 2.75) is 44.2 Å². The number of benzene rings is 1. The van der Waals surface area contributed by atoms with Gasteiger partial charge in [0.2, 0.25) is 0 Å². The van der Waals surface area contributed by atoms with Crippen LogP contribution in [-0.2, 0) is 6.42 Å². The Morgan fingerprint density at radius 1 is 1.26 bits per heavy atom.